The van der Waals surface area contributed by atoms with Crippen LogP contribution in [0.1, 0.15) is 25.3 Å². The Bertz CT molecular complexity index is 539. The number of methoxy groups -OCH3 is 1. The molecule has 8 heteroatoms. The zero-order valence-corrected chi connectivity index (χ0v) is 13.4. The van der Waals surface area contributed by atoms with Crippen LogP contribution in [0.25, 0.3) is 0 Å². The van der Waals surface area contributed by atoms with E-state index in [-0.39, 0.29) is 17.7 Å². The summed E-state index contributed by atoms with van der Waals surface area (Å²) in [6, 6.07) is 0.310. The van der Waals surface area contributed by atoms with Crippen molar-refractivity contribution in [1.29, 1.82) is 0 Å². The van der Waals surface area contributed by atoms with E-state index in [0.717, 1.165) is 12.8 Å². The molecule has 1 atom stereocenters. The van der Waals surface area contributed by atoms with Crippen LogP contribution in [-0.4, -0.2) is 76.5 Å². The Morgan fingerprint density at radius 3 is 2.83 bits per heavy atom. The Labute approximate surface area is 135 Å². The fourth-order valence-corrected chi connectivity index (χ4v) is 3.38. The normalized spacial score (nSPS) is 22.8. The number of amides is 2. The molecule has 0 N–H and O–H groups in total. The van der Waals surface area contributed by atoms with Gasteiger partial charge in [0.15, 0.2) is 0 Å². The minimum Gasteiger partial charge on any atom is -0.383 e. The summed E-state index contributed by atoms with van der Waals surface area (Å²) in [7, 11) is 1.61. The zero-order valence-electron chi connectivity index (χ0n) is 13.4. The number of ether oxygens (including phenoxy) is 1. The van der Waals surface area contributed by atoms with Gasteiger partial charge in [0.05, 0.1) is 24.8 Å². The van der Waals surface area contributed by atoms with E-state index in [1.165, 1.54) is 0 Å². The van der Waals surface area contributed by atoms with Crippen molar-refractivity contribution in [2.75, 3.05) is 39.9 Å². The lowest BCUT2D eigenvalue weighted by Gasteiger charge is -2.33. The SMILES string of the molecule is COCCN1CC(C(=O)N2CCC(n3ccnn3)CC2)CC1=O. The average Bonchev–Trinajstić information content (AvgIpc) is 3.22. The molecule has 1 aromatic heterocycles. The van der Waals surface area contributed by atoms with Crippen molar-refractivity contribution in [3.8, 4) is 0 Å². The van der Waals surface area contributed by atoms with Crippen molar-refractivity contribution in [2.45, 2.75) is 25.3 Å². The molecule has 1 unspecified atom stereocenters. The second-order valence-electron chi connectivity index (χ2n) is 6.17. The number of rotatable bonds is 5. The highest BCUT2D eigenvalue weighted by molar-refractivity contribution is 5.89. The molecule has 2 fully saturated rings. The van der Waals surface area contributed by atoms with Crippen LogP contribution in [0.15, 0.2) is 12.4 Å². The monoisotopic (exact) mass is 321 g/mol. The van der Waals surface area contributed by atoms with Gasteiger partial charge in [0, 0.05) is 45.9 Å². The van der Waals surface area contributed by atoms with Gasteiger partial charge in [-0.05, 0) is 12.8 Å². The van der Waals surface area contributed by atoms with Gasteiger partial charge in [-0.15, -0.1) is 5.10 Å². The van der Waals surface area contributed by atoms with Gasteiger partial charge in [-0.3, -0.25) is 9.59 Å². The number of hydrogen-bond donors (Lipinski definition) is 0. The molecular formula is C15H23N5O3. The minimum atomic E-state index is -0.206. The first-order valence-corrected chi connectivity index (χ1v) is 8.10. The molecule has 0 aliphatic carbocycles. The molecule has 0 aromatic carbocycles. The topological polar surface area (TPSA) is 80.6 Å². The molecule has 2 aliphatic rings. The second kappa shape index (κ2) is 7.08. The van der Waals surface area contributed by atoms with E-state index in [0.29, 0.717) is 45.2 Å². The number of aromatic nitrogens is 3. The maximum Gasteiger partial charge on any atom is 0.227 e. The molecule has 2 saturated heterocycles. The number of piperidine rings is 1. The standard InChI is InChI=1S/C15H23N5O3/c1-23-9-8-19-11-12(10-14(19)21)15(22)18-5-2-13(3-6-18)20-7-4-16-17-20/h4,7,12-13H,2-3,5-6,8-11H2,1H3. The van der Waals surface area contributed by atoms with Crippen LogP contribution < -0.4 is 0 Å². The fraction of sp³-hybridized carbons (Fsp3) is 0.733. The van der Waals surface area contributed by atoms with Gasteiger partial charge in [0.25, 0.3) is 0 Å². The smallest absolute Gasteiger partial charge is 0.227 e. The van der Waals surface area contributed by atoms with Crippen molar-refractivity contribution in [2.24, 2.45) is 5.92 Å². The summed E-state index contributed by atoms with van der Waals surface area (Å²) in [5.41, 5.74) is 0. The number of likely N-dealkylation sites (tertiary alicyclic amines) is 2. The number of nitrogens with zero attached hydrogens (tertiary/aromatic N) is 5. The number of carbonyl (C=O) groups is 2. The summed E-state index contributed by atoms with van der Waals surface area (Å²) in [6.07, 6.45) is 5.62. The fourth-order valence-electron chi connectivity index (χ4n) is 3.38. The quantitative estimate of drug-likeness (QED) is 0.759. The lowest BCUT2D eigenvalue weighted by atomic mass is 10.0. The molecule has 0 radical (unpaired) electrons. The number of hydrogen-bond acceptors (Lipinski definition) is 5. The van der Waals surface area contributed by atoms with E-state index < -0.39 is 0 Å². The Hall–Kier alpha value is -1.96. The highest BCUT2D eigenvalue weighted by Gasteiger charge is 2.37. The maximum absolute atomic E-state index is 12.6. The third-order valence-electron chi connectivity index (χ3n) is 4.72. The van der Waals surface area contributed by atoms with E-state index >= 15 is 0 Å². The van der Waals surface area contributed by atoms with Crippen LogP contribution in [0.2, 0.25) is 0 Å². The molecule has 3 heterocycles. The summed E-state index contributed by atoms with van der Waals surface area (Å²) >= 11 is 0. The van der Waals surface area contributed by atoms with Gasteiger partial charge in [0.2, 0.25) is 11.8 Å². The third-order valence-corrected chi connectivity index (χ3v) is 4.72. The molecule has 0 bridgehead atoms. The van der Waals surface area contributed by atoms with Gasteiger partial charge in [-0.25, -0.2) is 4.68 Å². The van der Waals surface area contributed by atoms with Crippen LogP contribution in [0.4, 0.5) is 0 Å². The average molecular weight is 321 g/mol. The molecule has 0 spiro atoms. The predicted octanol–water partition coefficient (Wildman–Crippen LogP) is -0.0635. The first kappa shape index (κ1) is 15.9. The van der Waals surface area contributed by atoms with Crippen LogP contribution in [0, 0.1) is 5.92 Å². The van der Waals surface area contributed by atoms with Crippen LogP contribution in [-0.2, 0) is 14.3 Å². The zero-order chi connectivity index (χ0) is 16.2. The highest BCUT2D eigenvalue weighted by atomic mass is 16.5. The summed E-state index contributed by atoms with van der Waals surface area (Å²) in [6.45, 7) is 3.02. The van der Waals surface area contributed by atoms with Gasteiger partial charge in [-0.2, -0.15) is 0 Å². The van der Waals surface area contributed by atoms with E-state index in [4.69, 9.17) is 4.74 Å². The van der Waals surface area contributed by atoms with Gasteiger partial charge >= 0.3 is 0 Å². The minimum absolute atomic E-state index is 0.0536. The Morgan fingerprint density at radius 2 is 2.17 bits per heavy atom. The molecule has 126 valence electrons. The van der Waals surface area contributed by atoms with Gasteiger partial charge < -0.3 is 14.5 Å². The molecule has 23 heavy (non-hydrogen) atoms. The molecular weight excluding hydrogens is 298 g/mol. The molecule has 1 aromatic rings. The van der Waals surface area contributed by atoms with Crippen LogP contribution in [0.3, 0.4) is 0 Å². The lowest BCUT2D eigenvalue weighted by molar-refractivity contribution is -0.137. The first-order valence-electron chi connectivity index (χ1n) is 8.10. The Kier molecular flexibility index (Phi) is 4.90. The first-order chi connectivity index (χ1) is 11.2. The molecule has 0 saturated carbocycles. The van der Waals surface area contributed by atoms with Crippen molar-refractivity contribution < 1.29 is 14.3 Å². The van der Waals surface area contributed by atoms with E-state index in [9.17, 15) is 9.59 Å². The van der Waals surface area contributed by atoms with Crippen molar-refractivity contribution in [3.05, 3.63) is 12.4 Å². The predicted molar refractivity (Wildman–Crippen MR) is 81.4 cm³/mol. The molecule has 2 aliphatic heterocycles. The van der Waals surface area contributed by atoms with Gasteiger partial charge in [-0.1, -0.05) is 5.21 Å². The third kappa shape index (κ3) is 3.52. The highest BCUT2D eigenvalue weighted by Crippen LogP contribution is 2.25. The second-order valence-corrected chi connectivity index (χ2v) is 6.17. The summed E-state index contributed by atoms with van der Waals surface area (Å²) in [5.74, 6) is -0.0458. The Morgan fingerprint density at radius 1 is 1.39 bits per heavy atom. The maximum atomic E-state index is 12.6. The molecule has 2 amide bonds. The molecule has 8 nitrogen and oxygen atoms in total. The summed E-state index contributed by atoms with van der Waals surface area (Å²) in [5, 5.41) is 7.87. The molecule has 3 rings (SSSR count). The van der Waals surface area contributed by atoms with E-state index in [1.807, 2.05) is 15.8 Å². The largest absolute Gasteiger partial charge is 0.383 e. The van der Waals surface area contributed by atoms with Crippen molar-refractivity contribution in [1.82, 2.24) is 24.8 Å². The summed E-state index contributed by atoms with van der Waals surface area (Å²) < 4.78 is 6.88. The van der Waals surface area contributed by atoms with Crippen LogP contribution in [0.5, 0.6) is 0 Å². The lowest BCUT2D eigenvalue weighted by Crippen LogP contribution is -2.43. The Balaban J connectivity index is 1.51. The van der Waals surface area contributed by atoms with E-state index in [2.05, 4.69) is 10.3 Å². The number of carbonyl (C=O) groups excluding carboxylic acids is 2. The van der Waals surface area contributed by atoms with Crippen LogP contribution >= 0.6 is 0 Å². The summed E-state index contributed by atoms with van der Waals surface area (Å²) in [4.78, 5) is 28.2. The van der Waals surface area contributed by atoms with Crippen molar-refractivity contribution in [3.63, 3.8) is 0 Å². The van der Waals surface area contributed by atoms with Crippen molar-refractivity contribution >= 4 is 11.8 Å². The van der Waals surface area contributed by atoms with E-state index in [1.54, 1.807) is 18.2 Å². The van der Waals surface area contributed by atoms with Gasteiger partial charge in [0.1, 0.15) is 0 Å².